The molecule has 38 heavy (non-hydrogen) atoms. The predicted octanol–water partition coefficient (Wildman–Crippen LogP) is 2.83. The Morgan fingerprint density at radius 2 is 1.18 bits per heavy atom. The van der Waals surface area contributed by atoms with Crippen LogP contribution in [-0.4, -0.2) is 84.9 Å². The largest absolute Gasteiger partial charge is 0.493 e. The summed E-state index contributed by atoms with van der Waals surface area (Å²) in [6, 6.07) is 6.49. The number of hydrogen-bond acceptors (Lipinski definition) is 9. The van der Waals surface area contributed by atoms with Gasteiger partial charge >= 0.3 is 0 Å². The topological polar surface area (TPSA) is 105 Å². The quantitative estimate of drug-likeness (QED) is 0.443. The number of amides is 1. The summed E-state index contributed by atoms with van der Waals surface area (Å²) in [5.74, 6) is 2.56. The van der Waals surface area contributed by atoms with Gasteiger partial charge in [-0.15, -0.1) is 0 Å². The zero-order valence-electron chi connectivity index (χ0n) is 22.5. The van der Waals surface area contributed by atoms with E-state index in [9.17, 15) is 9.59 Å². The maximum atomic E-state index is 12.9. The third-order valence-electron chi connectivity index (χ3n) is 6.06. The molecule has 1 heterocycles. The van der Waals surface area contributed by atoms with Crippen LogP contribution >= 0.6 is 0 Å². The van der Waals surface area contributed by atoms with Crippen molar-refractivity contribution in [1.82, 2.24) is 10.2 Å². The first-order valence-electron chi connectivity index (χ1n) is 11.9. The molecule has 2 aromatic rings. The fraction of sp³-hybridized carbons (Fsp3) is 0.357. The second-order valence-corrected chi connectivity index (χ2v) is 8.28. The molecule has 0 aromatic heterocycles. The predicted molar refractivity (Wildman–Crippen MR) is 144 cm³/mol. The van der Waals surface area contributed by atoms with Gasteiger partial charge < -0.3 is 38.6 Å². The highest BCUT2D eigenvalue weighted by Gasteiger charge is 2.26. The molecule has 1 unspecified atom stereocenters. The third kappa shape index (κ3) is 6.57. The van der Waals surface area contributed by atoms with E-state index in [1.165, 1.54) is 54.8 Å². The zero-order chi connectivity index (χ0) is 27.7. The van der Waals surface area contributed by atoms with Gasteiger partial charge in [0, 0.05) is 25.7 Å². The fourth-order valence-electron chi connectivity index (χ4n) is 4.10. The number of benzene rings is 2. The number of hydrogen-bond donors (Lipinski definition) is 1. The Morgan fingerprint density at radius 3 is 1.61 bits per heavy atom. The summed E-state index contributed by atoms with van der Waals surface area (Å²) in [7, 11) is 9.18. The molecule has 1 amide bonds. The first-order valence-corrected chi connectivity index (χ1v) is 11.9. The van der Waals surface area contributed by atoms with Gasteiger partial charge in [0.05, 0.1) is 48.7 Å². The van der Waals surface area contributed by atoms with E-state index in [4.69, 9.17) is 28.4 Å². The zero-order valence-corrected chi connectivity index (χ0v) is 22.5. The summed E-state index contributed by atoms with van der Waals surface area (Å²) in [4.78, 5) is 27.5. The summed E-state index contributed by atoms with van der Waals surface area (Å²) in [5.41, 5.74) is 1.42. The van der Waals surface area contributed by atoms with Gasteiger partial charge in [-0.3, -0.25) is 9.59 Å². The van der Waals surface area contributed by atoms with Crippen LogP contribution in [0, 0.1) is 0 Å². The summed E-state index contributed by atoms with van der Waals surface area (Å²) < 4.78 is 32.1. The summed E-state index contributed by atoms with van der Waals surface area (Å²) >= 11 is 0. The maximum absolute atomic E-state index is 12.9. The molecule has 1 aliphatic heterocycles. The maximum Gasteiger partial charge on any atom is 0.246 e. The van der Waals surface area contributed by atoms with Crippen molar-refractivity contribution in [2.75, 3.05) is 62.3 Å². The lowest BCUT2D eigenvalue weighted by Gasteiger charge is -2.31. The van der Waals surface area contributed by atoms with Gasteiger partial charge in [-0.25, -0.2) is 0 Å². The third-order valence-corrected chi connectivity index (χ3v) is 6.06. The molecule has 3 rings (SSSR count). The van der Waals surface area contributed by atoms with Crippen LogP contribution in [0.2, 0.25) is 0 Å². The summed E-state index contributed by atoms with van der Waals surface area (Å²) in [6.07, 6.45) is 6.31. The van der Waals surface area contributed by atoms with Crippen LogP contribution in [0.3, 0.4) is 0 Å². The van der Waals surface area contributed by atoms with E-state index in [2.05, 4.69) is 5.32 Å². The molecule has 0 radical (unpaired) electrons. The van der Waals surface area contributed by atoms with E-state index < -0.39 is 6.04 Å². The highest BCUT2D eigenvalue weighted by Crippen LogP contribution is 2.39. The van der Waals surface area contributed by atoms with E-state index in [0.717, 1.165) is 0 Å². The van der Waals surface area contributed by atoms with Gasteiger partial charge in [0.15, 0.2) is 28.8 Å². The Labute approximate surface area is 222 Å². The van der Waals surface area contributed by atoms with Gasteiger partial charge in [0.1, 0.15) is 0 Å². The van der Waals surface area contributed by atoms with Crippen molar-refractivity contribution in [3.63, 3.8) is 0 Å². The van der Waals surface area contributed by atoms with Crippen LogP contribution in [0.4, 0.5) is 0 Å². The van der Waals surface area contributed by atoms with Crippen molar-refractivity contribution < 1.29 is 38.0 Å². The lowest BCUT2D eigenvalue weighted by Crippen LogP contribution is -2.55. The average molecular weight is 527 g/mol. The van der Waals surface area contributed by atoms with Gasteiger partial charge in [-0.1, -0.05) is 6.08 Å². The first kappa shape index (κ1) is 28.4. The van der Waals surface area contributed by atoms with Crippen LogP contribution in [0.25, 0.3) is 12.2 Å². The van der Waals surface area contributed by atoms with E-state index in [-0.39, 0.29) is 18.2 Å². The normalized spacial score (nSPS) is 15.4. The molecule has 10 heteroatoms. The second kappa shape index (κ2) is 13.4. The van der Waals surface area contributed by atoms with Crippen molar-refractivity contribution in [3.05, 3.63) is 47.5 Å². The number of ketones is 1. The Bertz CT molecular complexity index is 1070. The van der Waals surface area contributed by atoms with Crippen LogP contribution in [-0.2, 0) is 9.59 Å². The minimum Gasteiger partial charge on any atom is -0.493 e. The number of piperazine rings is 1. The number of nitrogens with one attached hydrogen (secondary N) is 1. The average Bonchev–Trinajstić information content (AvgIpc) is 2.97. The van der Waals surface area contributed by atoms with Crippen molar-refractivity contribution in [2.45, 2.75) is 6.04 Å². The molecule has 0 spiro atoms. The Hall–Kier alpha value is -4.18. The van der Waals surface area contributed by atoms with E-state index >= 15 is 0 Å². The summed E-state index contributed by atoms with van der Waals surface area (Å²) in [6.45, 7) is 1.23. The minimum absolute atomic E-state index is 0.148. The molecule has 1 saturated heterocycles. The molecule has 1 N–H and O–H groups in total. The Kier molecular flexibility index (Phi) is 10.0. The smallest absolute Gasteiger partial charge is 0.246 e. The number of carbonyl (C=O) groups is 2. The molecule has 1 fully saturated rings. The number of methoxy groups -OCH3 is 6. The number of ether oxygens (including phenoxy) is 6. The number of nitrogens with zero attached hydrogens (tertiary/aromatic N) is 1. The Morgan fingerprint density at radius 1 is 0.737 bits per heavy atom. The van der Waals surface area contributed by atoms with Crippen LogP contribution in [0.15, 0.2) is 36.4 Å². The standard InChI is InChI=1S/C28H34N2O8/c1-33-22-13-18(14-23(34-2)27(22)37-5)7-9-21(31)20-17-30(12-11-29-20)26(32)10-8-19-15-24(35-3)28(38-6)25(16-19)36-4/h7-10,13-16,20,29H,11-12,17H2,1-6H3/b9-7+,10-8+. The molecule has 0 saturated carbocycles. The molecule has 2 aromatic carbocycles. The van der Waals surface area contributed by atoms with Gasteiger partial charge in [-0.2, -0.15) is 0 Å². The lowest BCUT2D eigenvalue weighted by atomic mass is 10.1. The van der Waals surface area contributed by atoms with Gasteiger partial charge in [0.2, 0.25) is 17.4 Å². The molecular weight excluding hydrogens is 492 g/mol. The lowest BCUT2D eigenvalue weighted by molar-refractivity contribution is -0.128. The van der Waals surface area contributed by atoms with E-state index in [0.29, 0.717) is 58.7 Å². The fourth-order valence-corrected chi connectivity index (χ4v) is 4.10. The van der Waals surface area contributed by atoms with E-state index in [1.807, 2.05) is 0 Å². The number of carbonyl (C=O) groups excluding carboxylic acids is 2. The SMILES string of the molecule is COc1cc(/C=C/C(=O)C2CN(C(=O)/C=C/c3cc(OC)c(OC)c(OC)c3)CCN2)cc(OC)c1OC. The van der Waals surface area contributed by atoms with Crippen molar-refractivity contribution in [1.29, 1.82) is 0 Å². The molecular formula is C28H34N2O8. The molecule has 10 nitrogen and oxygen atoms in total. The van der Waals surface area contributed by atoms with E-state index in [1.54, 1.807) is 41.3 Å². The summed E-state index contributed by atoms with van der Waals surface area (Å²) in [5, 5.41) is 3.18. The van der Waals surface area contributed by atoms with Crippen molar-refractivity contribution in [2.24, 2.45) is 0 Å². The van der Waals surface area contributed by atoms with Crippen LogP contribution in [0.5, 0.6) is 34.5 Å². The van der Waals surface area contributed by atoms with Crippen molar-refractivity contribution >= 4 is 23.8 Å². The molecule has 1 atom stereocenters. The highest BCUT2D eigenvalue weighted by molar-refractivity contribution is 5.99. The van der Waals surface area contributed by atoms with Gasteiger partial charge in [0.25, 0.3) is 0 Å². The molecule has 0 bridgehead atoms. The molecule has 0 aliphatic carbocycles. The first-order chi connectivity index (χ1) is 18.4. The monoisotopic (exact) mass is 526 g/mol. The highest BCUT2D eigenvalue weighted by atomic mass is 16.5. The second-order valence-electron chi connectivity index (χ2n) is 8.28. The van der Waals surface area contributed by atoms with Crippen molar-refractivity contribution in [3.8, 4) is 34.5 Å². The Balaban J connectivity index is 1.69. The van der Waals surface area contributed by atoms with Gasteiger partial charge in [-0.05, 0) is 47.5 Å². The number of rotatable bonds is 11. The van der Waals surface area contributed by atoms with Crippen LogP contribution in [0.1, 0.15) is 11.1 Å². The molecule has 204 valence electrons. The minimum atomic E-state index is -0.527. The van der Waals surface area contributed by atoms with Crippen LogP contribution < -0.4 is 33.7 Å². The molecule has 1 aliphatic rings.